The highest BCUT2D eigenvalue weighted by Gasteiger charge is 2.07. The normalized spacial score (nSPS) is 12.5. The number of nitrogens with one attached hydrogen (secondary N) is 1. The maximum atomic E-state index is 8.90. The van der Waals surface area contributed by atoms with Crippen molar-refractivity contribution in [2.24, 2.45) is 0 Å². The number of nitrogens with zero attached hydrogens (tertiary/aromatic N) is 1. The van der Waals surface area contributed by atoms with Gasteiger partial charge in [0.15, 0.2) is 0 Å². The smallest absolute Gasteiger partial charge is 0.0606 e. The monoisotopic (exact) mass is 236 g/mol. The number of anilines is 1. The highest BCUT2D eigenvalue weighted by molar-refractivity contribution is 5.47. The molecule has 0 aliphatic heterocycles. The van der Waals surface area contributed by atoms with Gasteiger partial charge in [-0.15, -0.1) is 0 Å². The topological polar surface area (TPSA) is 35.5 Å². The van der Waals surface area contributed by atoms with Crippen LogP contribution in [0.2, 0.25) is 0 Å². The van der Waals surface area contributed by atoms with E-state index in [2.05, 4.69) is 48.3 Å². The summed E-state index contributed by atoms with van der Waals surface area (Å²) < 4.78 is 0. The van der Waals surface area contributed by atoms with E-state index in [-0.39, 0.29) is 6.61 Å². The Morgan fingerprint density at radius 3 is 2.35 bits per heavy atom. The van der Waals surface area contributed by atoms with Gasteiger partial charge in [-0.2, -0.15) is 0 Å². The quantitative estimate of drug-likeness (QED) is 0.761. The summed E-state index contributed by atoms with van der Waals surface area (Å²) in [4.78, 5) is 2.05. The summed E-state index contributed by atoms with van der Waals surface area (Å²) in [5, 5.41) is 12.4. The predicted molar refractivity (Wildman–Crippen MR) is 73.5 cm³/mol. The first-order valence-corrected chi connectivity index (χ1v) is 6.38. The Labute approximate surface area is 104 Å². The molecule has 0 saturated heterocycles. The maximum Gasteiger partial charge on any atom is 0.0606 e. The van der Waals surface area contributed by atoms with E-state index >= 15 is 0 Å². The van der Waals surface area contributed by atoms with Crippen LogP contribution in [0.5, 0.6) is 0 Å². The summed E-state index contributed by atoms with van der Waals surface area (Å²) in [6.45, 7) is 6.17. The van der Waals surface area contributed by atoms with Gasteiger partial charge < -0.3 is 15.3 Å². The molecule has 0 radical (unpaired) electrons. The van der Waals surface area contributed by atoms with Crippen molar-refractivity contribution < 1.29 is 5.11 Å². The Morgan fingerprint density at radius 1 is 1.24 bits per heavy atom. The van der Waals surface area contributed by atoms with Crippen molar-refractivity contribution in [1.82, 2.24) is 5.32 Å². The molecule has 1 aromatic carbocycles. The second-order valence-electron chi connectivity index (χ2n) is 4.26. The molecule has 0 aromatic heterocycles. The molecule has 2 N–H and O–H groups in total. The van der Waals surface area contributed by atoms with Gasteiger partial charge in [-0.1, -0.05) is 26.0 Å². The number of aliphatic hydroxyl groups excluding tert-OH is 1. The number of hydrogen-bond acceptors (Lipinski definition) is 3. The Kier molecular flexibility index (Phi) is 6.01. The first kappa shape index (κ1) is 14.0. The number of hydrogen-bond donors (Lipinski definition) is 2. The molecule has 0 saturated carbocycles. The van der Waals surface area contributed by atoms with E-state index in [0.29, 0.717) is 12.6 Å². The summed E-state index contributed by atoms with van der Waals surface area (Å²) in [7, 11) is 1.99. The number of benzene rings is 1. The lowest BCUT2D eigenvalue weighted by Crippen LogP contribution is -2.22. The Balaban J connectivity index is 2.72. The average Bonchev–Trinajstić information content (AvgIpc) is 2.36. The molecule has 1 atom stereocenters. The molecular formula is C14H24N2O. The van der Waals surface area contributed by atoms with Crippen LogP contribution in [-0.2, 0) is 0 Å². The van der Waals surface area contributed by atoms with Crippen molar-refractivity contribution in [1.29, 1.82) is 0 Å². The molecule has 0 heterocycles. The van der Waals surface area contributed by atoms with Crippen molar-refractivity contribution >= 4 is 5.69 Å². The zero-order valence-corrected chi connectivity index (χ0v) is 11.1. The molecule has 1 unspecified atom stereocenters. The molecule has 17 heavy (non-hydrogen) atoms. The van der Waals surface area contributed by atoms with Gasteiger partial charge >= 0.3 is 0 Å². The first-order valence-electron chi connectivity index (χ1n) is 6.38. The van der Waals surface area contributed by atoms with Crippen LogP contribution in [0.4, 0.5) is 5.69 Å². The van der Waals surface area contributed by atoms with Crippen LogP contribution in [0, 0.1) is 0 Å². The van der Waals surface area contributed by atoms with E-state index in [9.17, 15) is 0 Å². The second-order valence-corrected chi connectivity index (χ2v) is 4.26. The van der Waals surface area contributed by atoms with Crippen LogP contribution in [0.15, 0.2) is 24.3 Å². The van der Waals surface area contributed by atoms with E-state index < -0.39 is 0 Å². The van der Waals surface area contributed by atoms with Gasteiger partial charge in [-0.3, -0.25) is 0 Å². The standard InChI is InChI=1S/C14H24N2O/c1-4-14(15-5-2)12-6-8-13(9-7-12)16(3)10-11-17/h6-9,14-15,17H,4-5,10-11H2,1-3H3. The van der Waals surface area contributed by atoms with E-state index in [0.717, 1.165) is 18.7 Å². The number of rotatable bonds is 7. The fourth-order valence-corrected chi connectivity index (χ4v) is 1.98. The second kappa shape index (κ2) is 7.30. The van der Waals surface area contributed by atoms with Crippen LogP contribution in [0.3, 0.4) is 0 Å². The van der Waals surface area contributed by atoms with Crippen molar-refractivity contribution in [3.05, 3.63) is 29.8 Å². The molecule has 3 nitrogen and oxygen atoms in total. The van der Waals surface area contributed by atoms with Crippen LogP contribution in [-0.4, -0.2) is 31.9 Å². The third-order valence-corrected chi connectivity index (χ3v) is 3.03. The van der Waals surface area contributed by atoms with E-state index in [1.54, 1.807) is 0 Å². The highest BCUT2D eigenvalue weighted by atomic mass is 16.3. The van der Waals surface area contributed by atoms with Crippen molar-refractivity contribution in [3.63, 3.8) is 0 Å². The van der Waals surface area contributed by atoms with Crippen LogP contribution in [0.25, 0.3) is 0 Å². The molecule has 1 aromatic rings. The van der Waals surface area contributed by atoms with Crippen LogP contribution < -0.4 is 10.2 Å². The third kappa shape index (κ3) is 4.02. The molecule has 0 amide bonds. The molecule has 0 fully saturated rings. The summed E-state index contributed by atoms with van der Waals surface area (Å²) in [6.07, 6.45) is 1.10. The SMILES string of the molecule is CCNC(CC)c1ccc(N(C)CCO)cc1. The Bertz CT molecular complexity index is 311. The molecule has 0 aliphatic carbocycles. The fourth-order valence-electron chi connectivity index (χ4n) is 1.98. The minimum Gasteiger partial charge on any atom is -0.395 e. The summed E-state index contributed by atoms with van der Waals surface area (Å²) in [5.41, 5.74) is 2.48. The zero-order chi connectivity index (χ0) is 12.7. The predicted octanol–water partition coefficient (Wildman–Crippen LogP) is 2.18. The summed E-state index contributed by atoms with van der Waals surface area (Å²) in [6, 6.07) is 9.01. The number of aliphatic hydroxyl groups is 1. The molecule has 0 bridgehead atoms. The molecule has 1 rings (SSSR count). The Morgan fingerprint density at radius 2 is 1.88 bits per heavy atom. The van der Waals surface area contributed by atoms with Gasteiger partial charge in [0.1, 0.15) is 0 Å². The highest BCUT2D eigenvalue weighted by Crippen LogP contribution is 2.20. The Hall–Kier alpha value is -1.06. The van der Waals surface area contributed by atoms with Crippen LogP contribution >= 0.6 is 0 Å². The molecule has 3 heteroatoms. The van der Waals surface area contributed by atoms with Crippen LogP contribution in [0.1, 0.15) is 31.9 Å². The first-order chi connectivity index (χ1) is 8.22. The van der Waals surface area contributed by atoms with Gasteiger partial charge in [0.05, 0.1) is 6.61 Å². The van der Waals surface area contributed by atoms with E-state index in [1.165, 1.54) is 5.56 Å². The van der Waals surface area contributed by atoms with Crippen molar-refractivity contribution in [3.8, 4) is 0 Å². The van der Waals surface area contributed by atoms with Gasteiger partial charge in [0, 0.05) is 25.3 Å². The maximum absolute atomic E-state index is 8.90. The zero-order valence-electron chi connectivity index (χ0n) is 11.1. The minimum atomic E-state index is 0.188. The van der Waals surface area contributed by atoms with Crippen molar-refractivity contribution in [2.45, 2.75) is 26.3 Å². The van der Waals surface area contributed by atoms with E-state index in [1.807, 2.05) is 7.05 Å². The third-order valence-electron chi connectivity index (χ3n) is 3.03. The molecule has 96 valence electrons. The fraction of sp³-hybridized carbons (Fsp3) is 0.571. The largest absolute Gasteiger partial charge is 0.395 e. The average molecular weight is 236 g/mol. The molecular weight excluding hydrogens is 212 g/mol. The molecule has 0 aliphatic rings. The van der Waals surface area contributed by atoms with Gasteiger partial charge in [-0.05, 0) is 30.7 Å². The lowest BCUT2D eigenvalue weighted by molar-refractivity contribution is 0.304. The summed E-state index contributed by atoms with van der Waals surface area (Å²) >= 11 is 0. The van der Waals surface area contributed by atoms with E-state index in [4.69, 9.17) is 5.11 Å². The van der Waals surface area contributed by atoms with Crippen molar-refractivity contribution in [2.75, 3.05) is 31.6 Å². The van der Waals surface area contributed by atoms with Gasteiger partial charge in [0.2, 0.25) is 0 Å². The van der Waals surface area contributed by atoms with Gasteiger partial charge in [-0.25, -0.2) is 0 Å². The summed E-state index contributed by atoms with van der Waals surface area (Å²) in [5.74, 6) is 0. The lowest BCUT2D eigenvalue weighted by atomic mass is 10.0. The lowest BCUT2D eigenvalue weighted by Gasteiger charge is -2.20. The van der Waals surface area contributed by atoms with Gasteiger partial charge in [0.25, 0.3) is 0 Å². The number of likely N-dealkylation sites (N-methyl/N-ethyl adjacent to an activating group) is 1. The minimum absolute atomic E-state index is 0.188. The molecule has 0 spiro atoms.